The molecule has 1 fully saturated rings. The summed E-state index contributed by atoms with van der Waals surface area (Å²) in [6, 6.07) is 16.1. The summed E-state index contributed by atoms with van der Waals surface area (Å²) < 4.78 is 6.04. The van der Waals surface area contributed by atoms with Crippen molar-refractivity contribution >= 4 is 28.9 Å². The lowest BCUT2D eigenvalue weighted by Gasteiger charge is -2.11. The second-order valence-corrected chi connectivity index (χ2v) is 7.24. The SMILES string of the molecule is CCN=C1S/C(=C\c2ccccc2OCc2cccc(C)c2)C(=O)N1CC. The van der Waals surface area contributed by atoms with Gasteiger partial charge in [0.15, 0.2) is 5.17 Å². The quantitative estimate of drug-likeness (QED) is 0.670. The van der Waals surface area contributed by atoms with Crippen molar-refractivity contribution in [3.8, 4) is 5.75 Å². The van der Waals surface area contributed by atoms with Crippen LogP contribution in [0, 0.1) is 6.92 Å². The number of amidine groups is 1. The predicted molar refractivity (Wildman–Crippen MR) is 113 cm³/mol. The molecule has 4 nitrogen and oxygen atoms in total. The van der Waals surface area contributed by atoms with Gasteiger partial charge < -0.3 is 4.74 Å². The maximum Gasteiger partial charge on any atom is 0.266 e. The van der Waals surface area contributed by atoms with Crippen molar-refractivity contribution in [2.75, 3.05) is 13.1 Å². The Morgan fingerprint density at radius 2 is 1.96 bits per heavy atom. The Morgan fingerprint density at radius 3 is 2.70 bits per heavy atom. The number of thioether (sulfide) groups is 1. The zero-order chi connectivity index (χ0) is 19.2. The lowest BCUT2D eigenvalue weighted by Crippen LogP contribution is -2.28. The number of nitrogens with zero attached hydrogens (tertiary/aromatic N) is 2. The molecule has 2 aromatic rings. The summed E-state index contributed by atoms with van der Waals surface area (Å²) in [5.41, 5.74) is 3.23. The average molecular weight is 381 g/mol. The summed E-state index contributed by atoms with van der Waals surface area (Å²) in [5.74, 6) is 0.770. The molecule has 0 unspecified atom stereocenters. The summed E-state index contributed by atoms with van der Waals surface area (Å²) in [4.78, 5) is 19.5. The van der Waals surface area contributed by atoms with Crippen LogP contribution >= 0.6 is 11.8 Å². The Hall–Kier alpha value is -2.53. The molecule has 0 radical (unpaired) electrons. The van der Waals surface area contributed by atoms with Crippen LogP contribution in [0.1, 0.15) is 30.5 Å². The van der Waals surface area contributed by atoms with Gasteiger partial charge in [0, 0.05) is 18.7 Å². The van der Waals surface area contributed by atoms with Gasteiger partial charge in [0.1, 0.15) is 12.4 Å². The fourth-order valence-corrected chi connectivity index (χ4v) is 3.97. The monoisotopic (exact) mass is 380 g/mol. The Balaban J connectivity index is 1.82. The number of ether oxygens (including phenoxy) is 1. The van der Waals surface area contributed by atoms with Gasteiger partial charge >= 0.3 is 0 Å². The molecule has 0 N–H and O–H groups in total. The number of carbonyl (C=O) groups is 1. The minimum Gasteiger partial charge on any atom is -0.488 e. The maximum absolute atomic E-state index is 12.7. The van der Waals surface area contributed by atoms with E-state index in [0.29, 0.717) is 24.6 Å². The lowest BCUT2D eigenvalue weighted by molar-refractivity contribution is -0.122. The predicted octanol–water partition coefficient (Wildman–Crippen LogP) is 4.89. The van der Waals surface area contributed by atoms with E-state index in [1.807, 2.05) is 50.3 Å². The zero-order valence-corrected chi connectivity index (χ0v) is 16.8. The van der Waals surface area contributed by atoms with E-state index in [4.69, 9.17) is 4.74 Å². The average Bonchev–Trinajstić information content (AvgIpc) is 2.96. The number of aliphatic imine (C=N–C) groups is 1. The minimum atomic E-state index is 0.00295. The van der Waals surface area contributed by atoms with Gasteiger partial charge in [-0.1, -0.05) is 48.0 Å². The standard InChI is InChI=1S/C22H24N2O2S/c1-4-23-22-24(5-2)21(25)20(27-22)14-18-11-6-7-12-19(18)26-15-17-10-8-9-16(3)13-17/h6-14H,4-5,15H2,1-3H3/b20-14-,23-22?. The van der Waals surface area contributed by atoms with Crippen molar-refractivity contribution in [2.24, 2.45) is 4.99 Å². The zero-order valence-electron chi connectivity index (χ0n) is 15.9. The number of benzene rings is 2. The Labute approximate surface area is 164 Å². The lowest BCUT2D eigenvalue weighted by atomic mass is 10.1. The Morgan fingerprint density at radius 1 is 1.15 bits per heavy atom. The smallest absolute Gasteiger partial charge is 0.266 e. The van der Waals surface area contributed by atoms with Crippen LogP contribution in [-0.2, 0) is 11.4 Å². The number of aryl methyl sites for hydroxylation is 1. The number of likely N-dealkylation sites (N-methyl/N-ethyl adjacent to an activating group) is 1. The number of carbonyl (C=O) groups excluding carboxylic acids is 1. The summed E-state index contributed by atoms with van der Waals surface area (Å²) in [6.45, 7) is 7.78. The van der Waals surface area contributed by atoms with Crippen molar-refractivity contribution in [2.45, 2.75) is 27.4 Å². The molecule has 1 aliphatic rings. The molecule has 140 valence electrons. The van der Waals surface area contributed by atoms with Crippen molar-refractivity contribution in [3.05, 3.63) is 70.1 Å². The van der Waals surface area contributed by atoms with Gasteiger partial charge in [0.05, 0.1) is 4.91 Å². The van der Waals surface area contributed by atoms with Crippen LogP contribution in [0.15, 0.2) is 58.4 Å². The van der Waals surface area contributed by atoms with Crippen molar-refractivity contribution in [3.63, 3.8) is 0 Å². The molecular formula is C22H24N2O2S. The van der Waals surface area contributed by atoms with E-state index in [1.165, 1.54) is 17.3 Å². The molecule has 27 heavy (non-hydrogen) atoms. The first kappa shape index (κ1) is 19.2. The molecule has 0 spiro atoms. The molecule has 0 atom stereocenters. The normalized spacial score (nSPS) is 17.1. The van der Waals surface area contributed by atoms with Crippen LogP contribution in [0.4, 0.5) is 0 Å². The van der Waals surface area contributed by atoms with E-state index < -0.39 is 0 Å². The molecule has 5 heteroatoms. The number of rotatable bonds is 6. The first-order chi connectivity index (χ1) is 13.1. The number of hydrogen-bond donors (Lipinski definition) is 0. The van der Waals surface area contributed by atoms with Gasteiger partial charge in [-0.3, -0.25) is 14.7 Å². The number of para-hydroxylation sites is 1. The van der Waals surface area contributed by atoms with Crippen LogP contribution in [-0.4, -0.2) is 29.1 Å². The molecule has 0 aliphatic carbocycles. The van der Waals surface area contributed by atoms with E-state index in [9.17, 15) is 4.79 Å². The highest BCUT2D eigenvalue weighted by Gasteiger charge is 2.31. The third kappa shape index (κ3) is 4.61. The highest BCUT2D eigenvalue weighted by Crippen LogP contribution is 2.34. The van der Waals surface area contributed by atoms with Crippen molar-refractivity contribution in [1.29, 1.82) is 0 Å². The van der Waals surface area contributed by atoms with Gasteiger partial charge in [0.2, 0.25) is 0 Å². The summed E-state index contributed by atoms with van der Waals surface area (Å²) in [5, 5.41) is 0.773. The largest absolute Gasteiger partial charge is 0.488 e. The van der Waals surface area contributed by atoms with E-state index >= 15 is 0 Å². The highest BCUT2D eigenvalue weighted by molar-refractivity contribution is 8.18. The van der Waals surface area contributed by atoms with Gasteiger partial charge in [-0.2, -0.15) is 0 Å². The number of hydrogen-bond acceptors (Lipinski definition) is 4. The number of amides is 1. The van der Waals surface area contributed by atoms with E-state index in [-0.39, 0.29) is 5.91 Å². The van der Waals surface area contributed by atoms with E-state index in [0.717, 1.165) is 22.0 Å². The van der Waals surface area contributed by atoms with Crippen LogP contribution in [0.25, 0.3) is 6.08 Å². The summed E-state index contributed by atoms with van der Waals surface area (Å²) in [7, 11) is 0. The molecule has 0 saturated carbocycles. The third-order valence-electron chi connectivity index (χ3n) is 4.18. The second-order valence-electron chi connectivity index (χ2n) is 6.23. The van der Waals surface area contributed by atoms with Crippen LogP contribution < -0.4 is 4.74 Å². The van der Waals surface area contributed by atoms with Crippen LogP contribution in [0.5, 0.6) is 5.75 Å². The first-order valence-electron chi connectivity index (χ1n) is 9.15. The van der Waals surface area contributed by atoms with Gasteiger partial charge in [-0.25, -0.2) is 0 Å². The van der Waals surface area contributed by atoms with E-state index in [2.05, 4.69) is 30.1 Å². The topological polar surface area (TPSA) is 41.9 Å². The molecule has 2 aromatic carbocycles. The molecule has 1 aliphatic heterocycles. The van der Waals surface area contributed by atoms with Gasteiger partial charge in [-0.15, -0.1) is 0 Å². The third-order valence-corrected chi connectivity index (χ3v) is 5.22. The highest BCUT2D eigenvalue weighted by atomic mass is 32.2. The molecule has 0 aromatic heterocycles. The van der Waals surface area contributed by atoms with Gasteiger partial charge in [0.25, 0.3) is 5.91 Å². The Kier molecular flexibility index (Phi) is 6.35. The molecule has 1 saturated heterocycles. The minimum absolute atomic E-state index is 0.00295. The first-order valence-corrected chi connectivity index (χ1v) is 9.97. The second kappa shape index (κ2) is 8.91. The fourth-order valence-electron chi connectivity index (χ4n) is 2.88. The molecule has 3 rings (SSSR count). The van der Waals surface area contributed by atoms with Gasteiger partial charge in [-0.05, 0) is 50.2 Å². The summed E-state index contributed by atoms with van der Waals surface area (Å²) >= 11 is 1.43. The van der Waals surface area contributed by atoms with Crippen LogP contribution in [0.3, 0.4) is 0 Å². The molecule has 1 heterocycles. The van der Waals surface area contributed by atoms with Crippen molar-refractivity contribution in [1.82, 2.24) is 4.90 Å². The Bertz CT molecular complexity index is 889. The fraction of sp³-hybridized carbons (Fsp3) is 0.273. The van der Waals surface area contributed by atoms with Crippen molar-refractivity contribution < 1.29 is 9.53 Å². The molecule has 1 amide bonds. The van der Waals surface area contributed by atoms with Crippen LogP contribution in [0.2, 0.25) is 0 Å². The summed E-state index contributed by atoms with van der Waals surface area (Å²) in [6.07, 6.45) is 1.90. The molecule has 0 bridgehead atoms. The van der Waals surface area contributed by atoms with E-state index in [1.54, 1.807) is 4.90 Å². The maximum atomic E-state index is 12.7. The molecular weight excluding hydrogens is 356 g/mol.